The predicted octanol–water partition coefficient (Wildman–Crippen LogP) is 4.08. The van der Waals surface area contributed by atoms with E-state index in [0.29, 0.717) is 11.4 Å². The minimum Gasteiger partial charge on any atom is -0.350 e. The molecular formula is C22H22F4N4O. The Bertz CT molecular complexity index is 1110. The van der Waals surface area contributed by atoms with Crippen LogP contribution in [0, 0.1) is 37.1 Å². The zero-order chi connectivity index (χ0) is 22.9. The molecule has 0 bridgehead atoms. The van der Waals surface area contributed by atoms with Crippen LogP contribution in [0.5, 0.6) is 0 Å². The SMILES string of the molecule is Cc1nn(-c2ccc(F)cc2F)c(C)c1C(=O)NCC(c1c(F)cccc1F)N(C)C. The maximum Gasteiger partial charge on any atom is 0.255 e. The van der Waals surface area contributed by atoms with Gasteiger partial charge < -0.3 is 10.2 Å². The summed E-state index contributed by atoms with van der Waals surface area (Å²) in [5.74, 6) is -3.48. The largest absolute Gasteiger partial charge is 0.350 e. The molecular weight excluding hydrogens is 412 g/mol. The molecule has 9 heteroatoms. The number of amides is 1. The van der Waals surface area contributed by atoms with Crippen molar-refractivity contribution in [3.05, 3.63) is 82.2 Å². The number of carbonyl (C=O) groups is 1. The van der Waals surface area contributed by atoms with E-state index in [1.807, 2.05) is 0 Å². The van der Waals surface area contributed by atoms with Gasteiger partial charge in [-0.1, -0.05) is 6.07 Å². The van der Waals surface area contributed by atoms with Crippen molar-refractivity contribution in [3.63, 3.8) is 0 Å². The first-order chi connectivity index (χ1) is 14.6. The first kappa shape index (κ1) is 22.5. The highest BCUT2D eigenvalue weighted by molar-refractivity contribution is 5.96. The van der Waals surface area contributed by atoms with Crippen molar-refractivity contribution in [3.8, 4) is 5.69 Å². The number of aryl methyl sites for hydroxylation is 1. The molecule has 0 saturated carbocycles. The van der Waals surface area contributed by atoms with E-state index >= 15 is 0 Å². The summed E-state index contributed by atoms with van der Waals surface area (Å²) in [5.41, 5.74) is 0.734. The molecule has 0 aliphatic heterocycles. The van der Waals surface area contributed by atoms with Crippen LogP contribution in [0.25, 0.3) is 5.69 Å². The Morgan fingerprint density at radius 2 is 1.71 bits per heavy atom. The molecule has 0 saturated heterocycles. The van der Waals surface area contributed by atoms with Crippen LogP contribution >= 0.6 is 0 Å². The Morgan fingerprint density at radius 3 is 2.29 bits per heavy atom. The lowest BCUT2D eigenvalue weighted by atomic mass is 10.0. The molecule has 1 atom stereocenters. The average molecular weight is 434 g/mol. The summed E-state index contributed by atoms with van der Waals surface area (Å²) in [6.07, 6.45) is 0. The number of carbonyl (C=O) groups excluding carboxylic acids is 1. The lowest BCUT2D eigenvalue weighted by Crippen LogP contribution is -2.36. The maximum atomic E-state index is 14.2. The van der Waals surface area contributed by atoms with Crippen LogP contribution in [0.1, 0.15) is 33.4 Å². The predicted molar refractivity (Wildman–Crippen MR) is 108 cm³/mol. The fourth-order valence-electron chi connectivity index (χ4n) is 3.51. The molecule has 1 heterocycles. The van der Waals surface area contributed by atoms with E-state index < -0.39 is 35.2 Å². The lowest BCUT2D eigenvalue weighted by Gasteiger charge is -2.26. The summed E-state index contributed by atoms with van der Waals surface area (Å²) in [7, 11) is 3.29. The van der Waals surface area contributed by atoms with Crippen molar-refractivity contribution in [2.75, 3.05) is 20.6 Å². The normalized spacial score (nSPS) is 12.3. The molecule has 31 heavy (non-hydrogen) atoms. The summed E-state index contributed by atoms with van der Waals surface area (Å²) in [6, 6.07) is 5.90. The van der Waals surface area contributed by atoms with E-state index in [2.05, 4.69) is 10.4 Å². The summed E-state index contributed by atoms with van der Waals surface area (Å²) in [4.78, 5) is 14.5. The fourth-order valence-corrected chi connectivity index (χ4v) is 3.51. The number of benzene rings is 2. The zero-order valence-corrected chi connectivity index (χ0v) is 17.5. The zero-order valence-electron chi connectivity index (χ0n) is 17.5. The molecule has 1 N–H and O–H groups in total. The van der Waals surface area contributed by atoms with Gasteiger partial charge in [0.25, 0.3) is 5.91 Å². The molecule has 0 aliphatic carbocycles. The Kier molecular flexibility index (Phi) is 6.45. The van der Waals surface area contributed by atoms with E-state index in [-0.39, 0.29) is 23.4 Å². The second kappa shape index (κ2) is 8.89. The number of nitrogens with zero attached hydrogens (tertiary/aromatic N) is 3. The van der Waals surface area contributed by atoms with Crippen molar-refractivity contribution < 1.29 is 22.4 Å². The molecule has 3 aromatic rings. The molecule has 0 aliphatic rings. The number of hydrogen-bond acceptors (Lipinski definition) is 3. The highest BCUT2D eigenvalue weighted by Crippen LogP contribution is 2.25. The van der Waals surface area contributed by atoms with Gasteiger partial charge in [0.05, 0.1) is 23.0 Å². The molecule has 164 valence electrons. The maximum absolute atomic E-state index is 14.2. The van der Waals surface area contributed by atoms with Crippen molar-refractivity contribution in [1.82, 2.24) is 20.0 Å². The van der Waals surface area contributed by atoms with Crippen LogP contribution in [-0.2, 0) is 0 Å². The van der Waals surface area contributed by atoms with Crippen LogP contribution in [0.2, 0.25) is 0 Å². The highest BCUT2D eigenvalue weighted by atomic mass is 19.1. The second-order valence-corrected chi connectivity index (χ2v) is 7.38. The smallest absolute Gasteiger partial charge is 0.255 e. The number of aromatic nitrogens is 2. The molecule has 1 amide bonds. The number of likely N-dealkylation sites (N-methyl/N-ethyl adjacent to an activating group) is 1. The number of rotatable bonds is 6. The van der Waals surface area contributed by atoms with Gasteiger partial charge in [0.1, 0.15) is 23.1 Å². The van der Waals surface area contributed by atoms with E-state index in [4.69, 9.17) is 0 Å². The number of hydrogen-bond donors (Lipinski definition) is 1. The van der Waals surface area contributed by atoms with Gasteiger partial charge in [0.2, 0.25) is 0 Å². The van der Waals surface area contributed by atoms with Gasteiger partial charge in [-0.05, 0) is 52.2 Å². The summed E-state index contributed by atoms with van der Waals surface area (Å²) >= 11 is 0. The quantitative estimate of drug-likeness (QED) is 0.595. The van der Waals surface area contributed by atoms with E-state index in [1.54, 1.807) is 32.8 Å². The molecule has 0 spiro atoms. The van der Waals surface area contributed by atoms with Gasteiger partial charge in [-0.15, -0.1) is 0 Å². The topological polar surface area (TPSA) is 50.2 Å². The fraction of sp³-hybridized carbons (Fsp3) is 0.273. The van der Waals surface area contributed by atoms with Crippen molar-refractivity contribution in [1.29, 1.82) is 0 Å². The second-order valence-electron chi connectivity index (χ2n) is 7.38. The van der Waals surface area contributed by atoms with Crippen LogP contribution in [0.3, 0.4) is 0 Å². The van der Waals surface area contributed by atoms with Crippen LogP contribution in [0.15, 0.2) is 36.4 Å². The van der Waals surface area contributed by atoms with Gasteiger partial charge in [-0.3, -0.25) is 4.79 Å². The molecule has 0 fully saturated rings. The Labute approximate surface area is 177 Å². The lowest BCUT2D eigenvalue weighted by molar-refractivity contribution is 0.0939. The summed E-state index contributed by atoms with van der Waals surface area (Å²) < 4.78 is 57.1. The van der Waals surface area contributed by atoms with Gasteiger partial charge in [0.15, 0.2) is 5.82 Å². The van der Waals surface area contributed by atoms with Crippen molar-refractivity contribution in [2.24, 2.45) is 0 Å². The van der Waals surface area contributed by atoms with Crippen LogP contribution < -0.4 is 5.32 Å². The monoisotopic (exact) mass is 434 g/mol. The molecule has 1 aromatic heterocycles. The van der Waals surface area contributed by atoms with Crippen LogP contribution in [0.4, 0.5) is 17.6 Å². The minimum atomic E-state index is -0.819. The van der Waals surface area contributed by atoms with Crippen molar-refractivity contribution in [2.45, 2.75) is 19.9 Å². The molecule has 3 rings (SSSR count). The summed E-state index contributed by atoms with van der Waals surface area (Å²) in [5, 5.41) is 6.89. The van der Waals surface area contributed by atoms with E-state index in [1.165, 1.54) is 16.8 Å². The van der Waals surface area contributed by atoms with Crippen molar-refractivity contribution >= 4 is 5.91 Å². The average Bonchev–Trinajstić information content (AvgIpc) is 2.97. The van der Waals surface area contributed by atoms with Gasteiger partial charge in [-0.2, -0.15) is 5.10 Å². The molecule has 1 unspecified atom stereocenters. The van der Waals surface area contributed by atoms with Gasteiger partial charge in [-0.25, -0.2) is 22.2 Å². The van der Waals surface area contributed by atoms with Crippen LogP contribution in [-0.4, -0.2) is 41.2 Å². The summed E-state index contributed by atoms with van der Waals surface area (Å²) in [6.45, 7) is 3.09. The molecule has 2 aromatic carbocycles. The molecule has 5 nitrogen and oxygen atoms in total. The van der Waals surface area contributed by atoms with E-state index in [0.717, 1.165) is 24.3 Å². The first-order valence-corrected chi connectivity index (χ1v) is 9.52. The Balaban J connectivity index is 1.87. The Hall–Kier alpha value is -3.20. The minimum absolute atomic E-state index is 0.000598. The molecule has 0 radical (unpaired) electrons. The third-order valence-electron chi connectivity index (χ3n) is 5.07. The third kappa shape index (κ3) is 4.46. The standard InChI is InChI=1S/C22H22F4N4O/c1-12-20(13(2)30(28-12)18-9-8-14(23)10-17(18)26)22(31)27-11-19(29(3)4)21-15(24)6-5-7-16(21)25/h5-10,19H,11H2,1-4H3,(H,27,31). The Morgan fingerprint density at radius 1 is 1.06 bits per heavy atom. The van der Waals surface area contributed by atoms with Gasteiger partial charge in [0, 0.05) is 18.2 Å². The number of halogens is 4. The number of nitrogens with one attached hydrogen (secondary N) is 1. The van der Waals surface area contributed by atoms with Gasteiger partial charge >= 0.3 is 0 Å². The van der Waals surface area contributed by atoms with E-state index in [9.17, 15) is 22.4 Å². The highest BCUT2D eigenvalue weighted by Gasteiger charge is 2.25. The third-order valence-corrected chi connectivity index (χ3v) is 5.07. The first-order valence-electron chi connectivity index (χ1n) is 9.52.